The van der Waals surface area contributed by atoms with E-state index < -0.39 is 16.0 Å². The standard InChI is InChI=1S/C9H8N4O4S/c14-8(15)6-2-1-3-7(4-6)18(16,17)13-9-10-5-11-12-9/h1-5H,(H,14,15)(H2,10,11,12,13). The summed E-state index contributed by atoms with van der Waals surface area (Å²) in [5, 5.41) is 14.6. The van der Waals surface area contributed by atoms with Gasteiger partial charge in [0, 0.05) is 0 Å². The lowest BCUT2D eigenvalue weighted by Gasteiger charge is -2.05. The van der Waals surface area contributed by atoms with E-state index in [2.05, 4.69) is 19.9 Å². The molecule has 94 valence electrons. The molecular formula is C9H8N4O4S. The number of sulfonamides is 1. The Morgan fingerprint density at radius 3 is 2.78 bits per heavy atom. The first kappa shape index (κ1) is 12.0. The molecule has 0 bridgehead atoms. The van der Waals surface area contributed by atoms with Gasteiger partial charge in [0.05, 0.1) is 10.5 Å². The second kappa shape index (κ2) is 4.45. The number of nitrogens with one attached hydrogen (secondary N) is 2. The molecule has 0 saturated heterocycles. The zero-order chi connectivity index (χ0) is 13.2. The van der Waals surface area contributed by atoms with Crippen LogP contribution in [0.3, 0.4) is 0 Å². The molecule has 18 heavy (non-hydrogen) atoms. The van der Waals surface area contributed by atoms with Crippen LogP contribution in [0.4, 0.5) is 5.95 Å². The topological polar surface area (TPSA) is 125 Å². The van der Waals surface area contributed by atoms with Crippen molar-refractivity contribution in [3.8, 4) is 0 Å². The fourth-order valence-electron chi connectivity index (χ4n) is 1.24. The minimum Gasteiger partial charge on any atom is -0.478 e. The van der Waals surface area contributed by atoms with E-state index in [1.54, 1.807) is 0 Å². The Morgan fingerprint density at radius 1 is 1.39 bits per heavy atom. The molecule has 2 aromatic rings. The molecule has 3 N–H and O–H groups in total. The van der Waals surface area contributed by atoms with Gasteiger partial charge in [-0.3, -0.25) is 0 Å². The van der Waals surface area contributed by atoms with Crippen LogP contribution in [0, 0.1) is 0 Å². The highest BCUT2D eigenvalue weighted by atomic mass is 32.2. The van der Waals surface area contributed by atoms with Crippen LogP contribution in [0.5, 0.6) is 0 Å². The first-order valence-electron chi connectivity index (χ1n) is 4.70. The fraction of sp³-hybridized carbons (Fsp3) is 0. The summed E-state index contributed by atoms with van der Waals surface area (Å²) in [5.41, 5.74) is -0.115. The van der Waals surface area contributed by atoms with Gasteiger partial charge in [-0.2, -0.15) is 10.1 Å². The van der Waals surface area contributed by atoms with Gasteiger partial charge in [0.2, 0.25) is 5.95 Å². The second-order valence-corrected chi connectivity index (χ2v) is 4.95. The van der Waals surface area contributed by atoms with Crippen molar-refractivity contribution in [3.05, 3.63) is 36.2 Å². The molecule has 9 heteroatoms. The number of rotatable bonds is 4. The van der Waals surface area contributed by atoms with Crippen molar-refractivity contribution in [2.45, 2.75) is 4.90 Å². The van der Waals surface area contributed by atoms with Crippen molar-refractivity contribution in [2.24, 2.45) is 0 Å². The number of carbonyl (C=O) groups is 1. The average Bonchev–Trinajstić information content (AvgIpc) is 2.81. The summed E-state index contributed by atoms with van der Waals surface area (Å²) >= 11 is 0. The van der Waals surface area contributed by atoms with Crippen molar-refractivity contribution < 1.29 is 18.3 Å². The highest BCUT2D eigenvalue weighted by Gasteiger charge is 2.17. The summed E-state index contributed by atoms with van der Waals surface area (Å²) in [6.07, 6.45) is 1.14. The molecule has 2 rings (SSSR count). The minimum absolute atomic E-state index is 0.0456. The summed E-state index contributed by atoms with van der Waals surface area (Å²) in [6, 6.07) is 4.99. The van der Waals surface area contributed by atoms with E-state index in [9.17, 15) is 13.2 Å². The number of aromatic carboxylic acids is 1. The number of carboxylic acids is 1. The van der Waals surface area contributed by atoms with Gasteiger partial charge >= 0.3 is 5.97 Å². The Labute approximate surface area is 102 Å². The predicted octanol–water partition coefficient (Wildman–Crippen LogP) is 0.304. The summed E-state index contributed by atoms with van der Waals surface area (Å²) in [6.45, 7) is 0. The van der Waals surface area contributed by atoms with Crippen LogP contribution in [-0.4, -0.2) is 34.7 Å². The number of hydrogen-bond acceptors (Lipinski definition) is 5. The molecule has 0 atom stereocenters. The first-order chi connectivity index (χ1) is 8.49. The Morgan fingerprint density at radius 2 is 2.17 bits per heavy atom. The van der Waals surface area contributed by atoms with Crippen LogP contribution in [0.25, 0.3) is 0 Å². The quantitative estimate of drug-likeness (QED) is 0.732. The molecule has 1 heterocycles. The molecule has 0 saturated carbocycles. The van der Waals surface area contributed by atoms with Crippen molar-refractivity contribution in [3.63, 3.8) is 0 Å². The number of carboxylic acid groups (broad SMARTS) is 1. The van der Waals surface area contributed by atoms with Crippen molar-refractivity contribution in [1.82, 2.24) is 15.2 Å². The van der Waals surface area contributed by atoms with Crippen LogP contribution in [0.1, 0.15) is 10.4 Å². The largest absolute Gasteiger partial charge is 0.478 e. The monoisotopic (exact) mass is 268 g/mol. The Balaban J connectivity index is 2.35. The van der Waals surface area contributed by atoms with Crippen LogP contribution in [0.15, 0.2) is 35.5 Å². The maximum atomic E-state index is 11.9. The maximum Gasteiger partial charge on any atom is 0.335 e. The lowest BCUT2D eigenvalue weighted by molar-refractivity contribution is 0.0696. The number of aromatic nitrogens is 3. The molecule has 0 spiro atoms. The highest BCUT2D eigenvalue weighted by molar-refractivity contribution is 7.92. The van der Waals surface area contributed by atoms with Crippen molar-refractivity contribution in [2.75, 3.05) is 4.72 Å². The number of benzene rings is 1. The van der Waals surface area contributed by atoms with Crippen LogP contribution in [0.2, 0.25) is 0 Å². The fourth-order valence-corrected chi connectivity index (χ4v) is 2.25. The zero-order valence-electron chi connectivity index (χ0n) is 8.86. The minimum atomic E-state index is -3.89. The zero-order valence-corrected chi connectivity index (χ0v) is 9.68. The highest BCUT2D eigenvalue weighted by Crippen LogP contribution is 2.14. The van der Waals surface area contributed by atoms with E-state index in [-0.39, 0.29) is 16.4 Å². The molecule has 1 aromatic heterocycles. The summed E-state index contributed by atoms with van der Waals surface area (Å²) < 4.78 is 25.9. The third-order valence-corrected chi connectivity index (χ3v) is 3.37. The summed E-state index contributed by atoms with van der Waals surface area (Å²) in [4.78, 5) is 14.2. The van der Waals surface area contributed by atoms with E-state index >= 15 is 0 Å². The molecule has 0 unspecified atom stereocenters. The molecule has 8 nitrogen and oxygen atoms in total. The SMILES string of the molecule is O=C(O)c1cccc(S(=O)(=O)Nc2ncn[nH]2)c1. The Bertz CT molecular complexity index is 666. The van der Waals surface area contributed by atoms with E-state index in [0.717, 1.165) is 12.4 Å². The summed E-state index contributed by atoms with van der Waals surface area (Å²) in [7, 11) is -3.89. The van der Waals surface area contributed by atoms with E-state index in [4.69, 9.17) is 5.11 Å². The number of aromatic amines is 1. The normalized spacial score (nSPS) is 11.1. The van der Waals surface area contributed by atoms with E-state index in [1.807, 2.05) is 0 Å². The van der Waals surface area contributed by atoms with Gasteiger partial charge in [0.25, 0.3) is 10.0 Å². The molecule has 0 radical (unpaired) electrons. The average molecular weight is 268 g/mol. The van der Waals surface area contributed by atoms with Crippen molar-refractivity contribution in [1.29, 1.82) is 0 Å². The van der Waals surface area contributed by atoms with Gasteiger partial charge in [0.15, 0.2) is 0 Å². The number of nitrogens with zero attached hydrogens (tertiary/aromatic N) is 2. The van der Waals surface area contributed by atoms with E-state index in [1.165, 1.54) is 18.2 Å². The number of anilines is 1. The lowest BCUT2D eigenvalue weighted by Crippen LogP contribution is -2.14. The van der Waals surface area contributed by atoms with Gasteiger partial charge in [-0.05, 0) is 18.2 Å². The third kappa shape index (κ3) is 2.46. The molecule has 0 amide bonds. The number of hydrogen-bond donors (Lipinski definition) is 3. The van der Waals surface area contributed by atoms with Crippen LogP contribution < -0.4 is 4.72 Å². The Hall–Kier alpha value is -2.42. The van der Waals surface area contributed by atoms with Gasteiger partial charge in [0.1, 0.15) is 6.33 Å². The maximum absolute atomic E-state index is 11.9. The molecular weight excluding hydrogens is 260 g/mol. The smallest absolute Gasteiger partial charge is 0.335 e. The van der Waals surface area contributed by atoms with Gasteiger partial charge in [-0.25, -0.2) is 23.0 Å². The van der Waals surface area contributed by atoms with E-state index in [0.29, 0.717) is 0 Å². The van der Waals surface area contributed by atoms with Crippen LogP contribution >= 0.6 is 0 Å². The first-order valence-corrected chi connectivity index (χ1v) is 6.19. The molecule has 0 aliphatic heterocycles. The van der Waals surface area contributed by atoms with Crippen molar-refractivity contribution >= 4 is 21.9 Å². The predicted molar refractivity (Wildman–Crippen MR) is 60.6 cm³/mol. The molecule has 0 aliphatic rings. The van der Waals surface area contributed by atoms with Gasteiger partial charge in [-0.1, -0.05) is 6.07 Å². The van der Waals surface area contributed by atoms with Gasteiger partial charge in [-0.15, -0.1) is 0 Å². The summed E-state index contributed by atoms with van der Waals surface area (Å²) in [5.74, 6) is -1.25. The molecule has 1 aromatic carbocycles. The Kier molecular flexibility index (Phi) is 2.98. The van der Waals surface area contributed by atoms with Crippen LogP contribution in [-0.2, 0) is 10.0 Å². The van der Waals surface area contributed by atoms with Gasteiger partial charge < -0.3 is 5.11 Å². The lowest BCUT2D eigenvalue weighted by atomic mass is 10.2. The molecule has 0 fully saturated rings. The molecule has 0 aliphatic carbocycles. The number of H-pyrrole nitrogens is 1. The third-order valence-electron chi connectivity index (χ3n) is 2.04. The second-order valence-electron chi connectivity index (χ2n) is 3.27.